The lowest BCUT2D eigenvalue weighted by Gasteiger charge is -2.06. The second-order valence-corrected chi connectivity index (χ2v) is 6.11. The van der Waals surface area contributed by atoms with Gasteiger partial charge in [0.15, 0.2) is 5.82 Å². The van der Waals surface area contributed by atoms with Crippen molar-refractivity contribution >= 4 is 33.4 Å². The second kappa shape index (κ2) is 6.10. The molecule has 0 amide bonds. The minimum absolute atomic E-state index is 0.0115. The standard InChI is InChI=1S/C11H11ClN4O4S/c12-9-2-1-4-13-11(9)15-21(19,20)8-6-14-16(7-8)5-3-10(17)18/h1-2,4,6-7H,3,5H2,(H,13,15)(H,17,18). The largest absolute Gasteiger partial charge is 0.481 e. The third-order valence-corrected chi connectivity index (χ3v) is 4.06. The van der Waals surface area contributed by atoms with Crippen molar-refractivity contribution in [2.24, 2.45) is 0 Å². The van der Waals surface area contributed by atoms with Crippen molar-refractivity contribution in [3.8, 4) is 0 Å². The van der Waals surface area contributed by atoms with Crippen molar-refractivity contribution in [1.29, 1.82) is 0 Å². The van der Waals surface area contributed by atoms with Gasteiger partial charge in [0, 0.05) is 12.4 Å². The van der Waals surface area contributed by atoms with Crippen molar-refractivity contribution in [3.63, 3.8) is 0 Å². The van der Waals surface area contributed by atoms with Gasteiger partial charge >= 0.3 is 5.97 Å². The number of hydrogen-bond acceptors (Lipinski definition) is 5. The molecule has 0 saturated carbocycles. The number of nitrogens with one attached hydrogen (secondary N) is 1. The molecule has 0 aromatic carbocycles. The summed E-state index contributed by atoms with van der Waals surface area (Å²) >= 11 is 5.83. The number of carboxylic acids is 1. The summed E-state index contributed by atoms with van der Waals surface area (Å²) in [4.78, 5) is 14.2. The zero-order chi connectivity index (χ0) is 15.5. The molecule has 2 N–H and O–H groups in total. The van der Waals surface area contributed by atoms with E-state index in [9.17, 15) is 13.2 Å². The molecule has 112 valence electrons. The highest BCUT2D eigenvalue weighted by atomic mass is 35.5. The molecule has 0 aliphatic rings. The summed E-state index contributed by atoms with van der Waals surface area (Å²) in [6, 6.07) is 3.08. The Kier molecular flexibility index (Phi) is 4.43. The molecule has 21 heavy (non-hydrogen) atoms. The van der Waals surface area contributed by atoms with Crippen molar-refractivity contribution in [2.75, 3.05) is 4.72 Å². The Hall–Kier alpha value is -2.13. The van der Waals surface area contributed by atoms with Gasteiger partial charge in [0.1, 0.15) is 4.90 Å². The quantitative estimate of drug-likeness (QED) is 0.822. The normalized spacial score (nSPS) is 11.3. The van der Waals surface area contributed by atoms with E-state index < -0.39 is 16.0 Å². The number of anilines is 1. The molecule has 0 radical (unpaired) electrons. The fourth-order valence-electron chi connectivity index (χ4n) is 1.46. The van der Waals surface area contributed by atoms with Crippen LogP contribution in [0.5, 0.6) is 0 Å². The minimum Gasteiger partial charge on any atom is -0.481 e. The zero-order valence-electron chi connectivity index (χ0n) is 10.6. The number of aromatic nitrogens is 3. The van der Waals surface area contributed by atoms with Crippen LogP contribution in [0, 0.1) is 0 Å². The Labute approximate surface area is 125 Å². The van der Waals surface area contributed by atoms with E-state index in [-0.39, 0.29) is 28.7 Å². The van der Waals surface area contributed by atoms with Crippen LogP contribution in [0.4, 0.5) is 5.82 Å². The number of nitrogens with zero attached hydrogens (tertiary/aromatic N) is 3. The molecule has 0 fully saturated rings. The summed E-state index contributed by atoms with van der Waals surface area (Å²) < 4.78 is 27.7. The van der Waals surface area contributed by atoms with Crippen LogP contribution >= 0.6 is 11.6 Å². The topological polar surface area (TPSA) is 114 Å². The van der Waals surface area contributed by atoms with E-state index >= 15 is 0 Å². The van der Waals surface area contributed by atoms with E-state index in [0.29, 0.717) is 0 Å². The van der Waals surface area contributed by atoms with Crippen molar-refractivity contribution < 1.29 is 18.3 Å². The van der Waals surface area contributed by atoms with Gasteiger partial charge in [0.25, 0.3) is 10.0 Å². The lowest BCUT2D eigenvalue weighted by atomic mass is 10.4. The number of hydrogen-bond donors (Lipinski definition) is 2. The van der Waals surface area contributed by atoms with Crippen molar-refractivity contribution in [2.45, 2.75) is 17.9 Å². The van der Waals surface area contributed by atoms with Crippen molar-refractivity contribution in [1.82, 2.24) is 14.8 Å². The van der Waals surface area contributed by atoms with E-state index in [2.05, 4.69) is 14.8 Å². The second-order valence-electron chi connectivity index (χ2n) is 4.02. The lowest BCUT2D eigenvalue weighted by molar-refractivity contribution is -0.137. The van der Waals surface area contributed by atoms with E-state index in [1.165, 1.54) is 23.1 Å². The number of sulfonamides is 1. The number of carbonyl (C=O) groups is 1. The maximum atomic E-state index is 12.1. The third-order valence-electron chi connectivity index (χ3n) is 2.46. The zero-order valence-corrected chi connectivity index (χ0v) is 12.2. The average molecular weight is 331 g/mol. The molecule has 10 heteroatoms. The molecule has 0 atom stereocenters. The first-order valence-electron chi connectivity index (χ1n) is 5.76. The smallest absolute Gasteiger partial charge is 0.305 e. The fraction of sp³-hybridized carbons (Fsp3) is 0.182. The SMILES string of the molecule is O=C(O)CCn1cc(S(=O)(=O)Nc2ncccc2Cl)cn1. The highest BCUT2D eigenvalue weighted by Gasteiger charge is 2.18. The van der Waals surface area contributed by atoms with Crippen LogP contribution in [0.1, 0.15) is 6.42 Å². The highest BCUT2D eigenvalue weighted by Crippen LogP contribution is 2.21. The van der Waals surface area contributed by atoms with Gasteiger partial charge in [0.2, 0.25) is 0 Å². The summed E-state index contributed by atoms with van der Waals surface area (Å²) in [5.74, 6) is -0.981. The summed E-state index contributed by atoms with van der Waals surface area (Å²) in [7, 11) is -3.88. The highest BCUT2D eigenvalue weighted by molar-refractivity contribution is 7.92. The van der Waals surface area contributed by atoms with E-state index in [1.54, 1.807) is 6.07 Å². The van der Waals surface area contributed by atoms with Crippen LogP contribution in [0.3, 0.4) is 0 Å². The first-order chi connectivity index (χ1) is 9.88. The van der Waals surface area contributed by atoms with Crippen LogP contribution in [-0.4, -0.2) is 34.3 Å². The van der Waals surface area contributed by atoms with Crippen LogP contribution in [0.15, 0.2) is 35.6 Å². The van der Waals surface area contributed by atoms with Crippen LogP contribution in [0.2, 0.25) is 5.02 Å². The van der Waals surface area contributed by atoms with E-state index in [0.717, 1.165) is 6.20 Å². The molecule has 2 aromatic heterocycles. The monoisotopic (exact) mass is 330 g/mol. The Morgan fingerprint density at radius 1 is 1.48 bits per heavy atom. The van der Waals surface area contributed by atoms with Gasteiger partial charge < -0.3 is 5.11 Å². The number of aliphatic carboxylic acids is 1. The first-order valence-corrected chi connectivity index (χ1v) is 7.62. The third kappa shape index (κ3) is 3.92. The Balaban J connectivity index is 2.17. The van der Waals surface area contributed by atoms with Gasteiger partial charge in [-0.1, -0.05) is 11.6 Å². The maximum absolute atomic E-state index is 12.1. The lowest BCUT2D eigenvalue weighted by Crippen LogP contribution is -2.13. The maximum Gasteiger partial charge on any atom is 0.305 e. The van der Waals surface area contributed by atoms with E-state index in [1.807, 2.05) is 0 Å². The number of halogens is 1. The molecular weight excluding hydrogens is 320 g/mol. The van der Waals surface area contributed by atoms with Gasteiger partial charge in [-0.05, 0) is 12.1 Å². The van der Waals surface area contributed by atoms with Crippen molar-refractivity contribution in [3.05, 3.63) is 35.7 Å². The Morgan fingerprint density at radius 3 is 2.90 bits per heavy atom. The molecule has 2 rings (SSSR count). The summed E-state index contributed by atoms with van der Waals surface area (Å²) in [6.07, 6.45) is 3.61. The van der Waals surface area contributed by atoms with Crippen LogP contribution in [-0.2, 0) is 21.4 Å². The molecule has 0 unspecified atom stereocenters. The van der Waals surface area contributed by atoms with Gasteiger partial charge in [-0.3, -0.25) is 14.2 Å². The van der Waals surface area contributed by atoms with Gasteiger partial charge in [0.05, 0.1) is 24.2 Å². The van der Waals surface area contributed by atoms with Gasteiger partial charge in [-0.15, -0.1) is 0 Å². The molecule has 2 heterocycles. The predicted octanol–water partition coefficient (Wildman–Crippen LogP) is 1.21. The van der Waals surface area contributed by atoms with Gasteiger partial charge in [-0.2, -0.15) is 5.10 Å². The first kappa shape index (κ1) is 15.3. The fourth-order valence-corrected chi connectivity index (χ4v) is 2.67. The summed E-state index contributed by atoms with van der Waals surface area (Å²) in [5, 5.41) is 12.5. The number of aryl methyl sites for hydroxylation is 1. The number of rotatable bonds is 6. The molecule has 8 nitrogen and oxygen atoms in total. The predicted molar refractivity (Wildman–Crippen MR) is 74.5 cm³/mol. The number of carboxylic acid groups (broad SMARTS) is 1. The molecule has 0 saturated heterocycles. The van der Waals surface area contributed by atoms with Crippen LogP contribution < -0.4 is 4.72 Å². The summed E-state index contributed by atoms with van der Waals surface area (Å²) in [5.41, 5.74) is 0. The molecule has 0 spiro atoms. The molecule has 0 bridgehead atoms. The molecule has 0 aliphatic heterocycles. The minimum atomic E-state index is -3.88. The number of pyridine rings is 1. The van der Waals surface area contributed by atoms with Crippen LogP contribution in [0.25, 0.3) is 0 Å². The Bertz CT molecular complexity index is 759. The average Bonchev–Trinajstić information content (AvgIpc) is 2.88. The Morgan fingerprint density at radius 2 is 2.24 bits per heavy atom. The molecule has 2 aromatic rings. The molecular formula is C11H11ClN4O4S. The molecule has 0 aliphatic carbocycles. The van der Waals surface area contributed by atoms with E-state index in [4.69, 9.17) is 16.7 Å². The van der Waals surface area contributed by atoms with Gasteiger partial charge in [-0.25, -0.2) is 13.4 Å². The summed E-state index contributed by atoms with van der Waals surface area (Å²) in [6.45, 7) is 0.0786.